The number of carbonyl (C=O) groups excluding carboxylic acids is 5. The summed E-state index contributed by atoms with van der Waals surface area (Å²) < 4.78 is 32.1. The van der Waals surface area contributed by atoms with Crippen molar-refractivity contribution in [3.8, 4) is 0 Å². The number of ether oxygens (including phenoxy) is 1. The summed E-state index contributed by atoms with van der Waals surface area (Å²) in [5, 5.41) is 8.95. The molecule has 0 saturated heterocycles. The normalized spacial score (nSPS) is 24.2. The van der Waals surface area contributed by atoms with Crippen LogP contribution < -0.4 is 21.7 Å². The largest absolute Gasteiger partial charge is 0.460 e. The third kappa shape index (κ3) is 14.9. The van der Waals surface area contributed by atoms with Gasteiger partial charge in [0.15, 0.2) is 0 Å². The van der Waals surface area contributed by atoms with Gasteiger partial charge in [0, 0.05) is 12.5 Å². The van der Waals surface area contributed by atoms with Gasteiger partial charge in [-0.05, 0) is 111 Å². The number of nitrogens with one attached hydrogen (secondary N) is 3. The molecule has 4 amide bonds. The Bertz CT molecular complexity index is 1710. The second-order valence-electron chi connectivity index (χ2n) is 20.1. The lowest BCUT2D eigenvalue weighted by atomic mass is 9.71. The predicted molar refractivity (Wildman–Crippen MR) is 228 cm³/mol. The van der Waals surface area contributed by atoms with Gasteiger partial charge >= 0.3 is 13.6 Å². The smallest absolute Gasteiger partial charge is 0.336 e. The van der Waals surface area contributed by atoms with Crippen LogP contribution >= 0.6 is 7.60 Å². The zero-order valence-electron chi connectivity index (χ0n) is 37.0. The van der Waals surface area contributed by atoms with Crippen LogP contribution in [0.15, 0.2) is 36.4 Å². The summed E-state index contributed by atoms with van der Waals surface area (Å²) in [7, 11) is -3.63. The van der Waals surface area contributed by atoms with E-state index >= 15 is 0 Å². The van der Waals surface area contributed by atoms with Crippen molar-refractivity contribution in [1.82, 2.24) is 16.0 Å². The lowest BCUT2D eigenvalue weighted by Crippen LogP contribution is -2.64. The summed E-state index contributed by atoms with van der Waals surface area (Å²) in [6.45, 7) is 16.6. The quantitative estimate of drug-likeness (QED) is 0.110. The molecule has 13 nitrogen and oxygen atoms in total. The van der Waals surface area contributed by atoms with Crippen molar-refractivity contribution in [2.75, 3.05) is 6.54 Å². The fraction of sp³-hybridized carbons (Fsp3) is 0.711. The van der Waals surface area contributed by atoms with Crippen LogP contribution in [0.25, 0.3) is 0 Å². The standard InChI is InChI=1S/C45H71N4O9P/c1-41(2,3)56-37(51)27-34-33(32-20-18-31(19-21-32)29-59(55,57-42(4,5)6)58-43(7,8)9)17-16-24-44(22-12-10-13-23-44)30-47-39(53)35(28-36(46)50)48-40(54)45(49-38(34)52)25-14-11-15-26-45/h16-21,33-35H,10-15,22-30H2,1-9H3,(H2,46,50)(H,47,53)(H,48,54)(H,49,52)/b17-16+/t33-,34+,35+/m1/s1. The van der Waals surface area contributed by atoms with Gasteiger partial charge in [-0.3, -0.25) is 28.5 Å². The zero-order valence-corrected chi connectivity index (χ0v) is 37.9. The van der Waals surface area contributed by atoms with E-state index in [-0.39, 0.29) is 18.0 Å². The maximum Gasteiger partial charge on any atom is 0.336 e. The first-order valence-electron chi connectivity index (χ1n) is 21.5. The van der Waals surface area contributed by atoms with Gasteiger partial charge in [0.25, 0.3) is 0 Å². The van der Waals surface area contributed by atoms with Gasteiger partial charge in [-0.2, -0.15) is 0 Å². The monoisotopic (exact) mass is 842 g/mol. The molecule has 0 bridgehead atoms. The second kappa shape index (κ2) is 19.4. The predicted octanol–water partition coefficient (Wildman–Crippen LogP) is 7.65. The number of esters is 1. The maximum atomic E-state index is 14.9. The third-order valence-corrected chi connectivity index (χ3v) is 13.5. The molecule has 14 heteroatoms. The van der Waals surface area contributed by atoms with Crippen LogP contribution in [0.4, 0.5) is 0 Å². The van der Waals surface area contributed by atoms with E-state index in [9.17, 15) is 28.5 Å². The van der Waals surface area contributed by atoms with Crippen molar-refractivity contribution in [2.45, 2.75) is 186 Å². The Morgan fingerprint density at radius 2 is 1.34 bits per heavy atom. The van der Waals surface area contributed by atoms with E-state index in [4.69, 9.17) is 19.5 Å². The summed E-state index contributed by atoms with van der Waals surface area (Å²) in [6, 6.07) is 6.22. The van der Waals surface area contributed by atoms with E-state index in [0.29, 0.717) is 44.2 Å². The first-order chi connectivity index (χ1) is 27.3. The van der Waals surface area contributed by atoms with Gasteiger partial charge in [-0.25, -0.2) is 0 Å². The first kappa shape index (κ1) is 48.1. The fourth-order valence-corrected chi connectivity index (χ4v) is 11.1. The summed E-state index contributed by atoms with van der Waals surface area (Å²) in [4.78, 5) is 69.0. The van der Waals surface area contributed by atoms with E-state index in [0.717, 1.165) is 44.1 Å². The van der Waals surface area contributed by atoms with Crippen molar-refractivity contribution in [2.24, 2.45) is 17.1 Å². The van der Waals surface area contributed by atoms with Gasteiger partial charge in [-0.1, -0.05) is 74.9 Å². The van der Waals surface area contributed by atoms with Gasteiger partial charge in [0.05, 0.1) is 36.1 Å². The summed E-state index contributed by atoms with van der Waals surface area (Å²) in [5.74, 6) is -4.53. The highest BCUT2D eigenvalue weighted by Gasteiger charge is 2.46. The molecule has 1 aliphatic heterocycles. The first-order valence-corrected chi connectivity index (χ1v) is 23.2. The van der Waals surface area contributed by atoms with E-state index < -0.39 is 83.8 Å². The number of amides is 4. The number of allylic oxidation sites excluding steroid dienone is 2. The average Bonchev–Trinajstić information content (AvgIpc) is 3.09. The Balaban J connectivity index is 1.85. The van der Waals surface area contributed by atoms with Crippen LogP contribution in [-0.2, 0) is 48.5 Å². The minimum atomic E-state index is -3.63. The molecule has 3 aliphatic rings. The summed E-state index contributed by atoms with van der Waals surface area (Å²) in [5.41, 5.74) is 3.04. The maximum absolute atomic E-state index is 14.9. The number of nitrogens with two attached hydrogens (primary N) is 1. The van der Waals surface area contributed by atoms with Gasteiger partial charge in [0.1, 0.15) is 17.2 Å². The Morgan fingerprint density at radius 3 is 1.86 bits per heavy atom. The van der Waals surface area contributed by atoms with Crippen molar-refractivity contribution in [3.05, 3.63) is 47.5 Å². The van der Waals surface area contributed by atoms with Gasteiger partial charge in [-0.15, -0.1) is 0 Å². The van der Waals surface area contributed by atoms with Crippen molar-refractivity contribution < 1.29 is 42.3 Å². The highest BCUT2D eigenvalue weighted by atomic mass is 31.2. The lowest BCUT2D eigenvalue weighted by molar-refractivity contribution is -0.157. The van der Waals surface area contributed by atoms with E-state index in [2.05, 4.69) is 16.0 Å². The van der Waals surface area contributed by atoms with Crippen LogP contribution in [-0.4, -0.2) is 64.5 Å². The minimum absolute atomic E-state index is 0.0206. The number of primary amides is 1. The van der Waals surface area contributed by atoms with E-state index in [1.807, 2.05) is 78.0 Å². The number of benzene rings is 1. The molecule has 4 rings (SSSR count). The Kier molecular flexibility index (Phi) is 15.9. The Hall–Kier alpha value is -3.54. The third-order valence-electron chi connectivity index (χ3n) is 11.1. The van der Waals surface area contributed by atoms with Crippen LogP contribution in [0.5, 0.6) is 0 Å². The molecule has 0 aromatic heterocycles. The SMILES string of the molecule is CC(C)(C)OC(=O)C[C@@H]1C(=O)NC2(CCCCC2)C(=O)N[C@@H](CC(N)=O)C(=O)NCC2(C/C=C/[C@@H]1c1ccc(CP(=O)(OC(C)(C)C)OC(C)(C)C)cc1)CCCCC2. The average molecular weight is 843 g/mol. The highest BCUT2D eigenvalue weighted by Crippen LogP contribution is 2.57. The zero-order chi connectivity index (χ0) is 43.9. The number of carbonyl (C=O) groups is 5. The van der Waals surface area contributed by atoms with Crippen LogP contribution in [0.1, 0.15) is 163 Å². The van der Waals surface area contributed by atoms with Gasteiger partial charge in [0.2, 0.25) is 23.6 Å². The van der Waals surface area contributed by atoms with Crippen molar-refractivity contribution in [1.29, 1.82) is 0 Å². The van der Waals surface area contributed by atoms with E-state index in [1.54, 1.807) is 20.8 Å². The molecule has 2 spiro atoms. The molecule has 2 saturated carbocycles. The fourth-order valence-electron chi connectivity index (χ4n) is 8.63. The van der Waals surface area contributed by atoms with Crippen molar-refractivity contribution >= 4 is 37.2 Å². The number of hydrogen-bond acceptors (Lipinski definition) is 9. The molecular formula is C45H71N4O9P. The molecule has 59 heavy (non-hydrogen) atoms. The molecule has 0 unspecified atom stereocenters. The highest BCUT2D eigenvalue weighted by molar-refractivity contribution is 7.53. The number of hydrogen-bond donors (Lipinski definition) is 4. The molecule has 1 aromatic rings. The lowest BCUT2D eigenvalue weighted by Gasteiger charge is -2.39. The van der Waals surface area contributed by atoms with Crippen LogP contribution in [0, 0.1) is 11.3 Å². The molecule has 0 radical (unpaired) electrons. The molecule has 2 aliphatic carbocycles. The molecule has 5 N–H and O–H groups in total. The van der Waals surface area contributed by atoms with Gasteiger partial charge < -0.3 is 35.5 Å². The minimum Gasteiger partial charge on any atom is -0.460 e. The molecule has 1 heterocycles. The topological polar surface area (TPSA) is 192 Å². The molecular weight excluding hydrogens is 771 g/mol. The molecule has 330 valence electrons. The Labute approximate surface area is 352 Å². The summed E-state index contributed by atoms with van der Waals surface area (Å²) in [6.07, 6.45) is 11.4. The van der Waals surface area contributed by atoms with Crippen LogP contribution in [0.3, 0.4) is 0 Å². The second-order valence-corrected chi connectivity index (χ2v) is 22.0. The van der Waals surface area contributed by atoms with Crippen LogP contribution in [0.2, 0.25) is 0 Å². The van der Waals surface area contributed by atoms with Crippen molar-refractivity contribution in [3.63, 3.8) is 0 Å². The molecule has 3 atom stereocenters. The molecule has 1 aromatic carbocycles. The number of rotatable bonds is 9. The molecule has 2 fully saturated rings. The van der Waals surface area contributed by atoms with E-state index in [1.165, 1.54) is 0 Å². The Morgan fingerprint density at radius 1 is 0.780 bits per heavy atom. The summed E-state index contributed by atoms with van der Waals surface area (Å²) >= 11 is 0.